The molecule has 2 heterocycles. The highest BCUT2D eigenvalue weighted by molar-refractivity contribution is 7.15. The maximum atomic E-state index is 12.2. The summed E-state index contributed by atoms with van der Waals surface area (Å²) in [7, 11) is 0. The number of anilines is 1. The van der Waals surface area contributed by atoms with Crippen LogP contribution in [-0.4, -0.2) is 34.7 Å². The van der Waals surface area contributed by atoms with Gasteiger partial charge in [0.05, 0.1) is 5.92 Å². The first-order valence-corrected chi connectivity index (χ1v) is 8.14. The maximum absolute atomic E-state index is 12.2. The average molecular weight is 294 g/mol. The van der Waals surface area contributed by atoms with Crippen LogP contribution in [0.2, 0.25) is 0 Å². The van der Waals surface area contributed by atoms with Gasteiger partial charge < -0.3 is 10.2 Å². The Morgan fingerprint density at radius 1 is 1.30 bits per heavy atom. The molecule has 20 heavy (non-hydrogen) atoms. The van der Waals surface area contributed by atoms with Crippen molar-refractivity contribution in [2.45, 2.75) is 51.5 Å². The molecule has 1 saturated heterocycles. The summed E-state index contributed by atoms with van der Waals surface area (Å²) in [5.74, 6) is 0.887. The van der Waals surface area contributed by atoms with Crippen LogP contribution in [0.15, 0.2) is 0 Å². The molecule has 1 aliphatic carbocycles. The van der Waals surface area contributed by atoms with Gasteiger partial charge >= 0.3 is 0 Å². The zero-order valence-electron chi connectivity index (χ0n) is 12.3. The second-order valence-corrected chi connectivity index (χ2v) is 7.86. The summed E-state index contributed by atoms with van der Waals surface area (Å²) in [6.45, 7) is 7.72. The Labute approximate surface area is 123 Å². The van der Waals surface area contributed by atoms with Gasteiger partial charge in [-0.3, -0.25) is 4.79 Å². The van der Waals surface area contributed by atoms with Crippen LogP contribution < -0.4 is 10.2 Å². The molecule has 1 unspecified atom stereocenters. The average Bonchev–Trinajstić information content (AvgIpc) is 2.91. The fourth-order valence-electron chi connectivity index (χ4n) is 2.47. The molecule has 6 heteroatoms. The molecule has 0 spiro atoms. The van der Waals surface area contributed by atoms with Crippen LogP contribution in [0, 0.1) is 5.92 Å². The van der Waals surface area contributed by atoms with E-state index in [4.69, 9.17) is 0 Å². The van der Waals surface area contributed by atoms with Crippen molar-refractivity contribution < 1.29 is 4.79 Å². The molecule has 3 rings (SSSR count). The minimum absolute atomic E-state index is 0.0718. The molecule has 0 aromatic carbocycles. The maximum Gasteiger partial charge on any atom is 0.225 e. The van der Waals surface area contributed by atoms with E-state index in [1.54, 1.807) is 11.3 Å². The zero-order chi connectivity index (χ0) is 14.3. The van der Waals surface area contributed by atoms with E-state index >= 15 is 0 Å². The Kier molecular flexibility index (Phi) is 3.44. The molecule has 1 saturated carbocycles. The smallest absolute Gasteiger partial charge is 0.225 e. The third kappa shape index (κ3) is 3.11. The second kappa shape index (κ2) is 4.98. The van der Waals surface area contributed by atoms with Gasteiger partial charge in [0.1, 0.15) is 5.01 Å². The van der Waals surface area contributed by atoms with Crippen LogP contribution in [0.25, 0.3) is 0 Å². The summed E-state index contributed by atoms with van der Waals surface area (Å²) in [5.41, 5.74) is -0.160. The molecule has 1 amide bonds. The normalized spacial score (nSPS) is 23.1. The number of carbonyl (C=O) groups excluding carboxylic acids is 1. The molecule has 1 aromatic rings. The third-order valence-corrected chi connectivity index (χ3v) is 4.83. The van der Waals surface area contributed by atoms with Gasteiger partial charge in [0.15, 0.2) is 0 Å². The Hall–Kier alpha value is -1.17. The summed E-state index contributed by atoms with van der Waals surface area (Å²) < 4.78 is 0. The van der Waals surface area contributed by atoms with Crippen LogP contribution in [0.1, 0.15) is 51.0 Å². The van der Waals surface area contributed by atoms with Gasteiger partial charge in [-0.2, -0.15) is 0 Å². The van der Waals surface area contributed by atoms with E-state index in [2.05, 4.69) is 20.4 Å². The number of aromatic nitrogens is 2. The number of amides is 1. The highest BCUT2D eigenvalue weighted by Gasteiger charge is 2.33. The summed E-state index contributed by atoms with van der Waals surface area (Å²) in [5, 5.41) is 13.8. The van der Waals surface area contributed by atoms with Crippen LogP contribution in [0.5, 0.6) is 0 Å². The van der Waals surface area contributed by atoms with E-state index < -0.39 is 0 Å². The molecule has 1 aliphatic heterocycles. The first kappa shape index (κ1) is 13.8. The topological polar surface area (TPSA) is 58.1 Å². The first-order valence-electron chi connectivity index (χ1n) is 7.33. The van der Waals surface area contributed by atoms with E-state index in [1.165, 1.54) is 17.8 Å². The molecule has 2 fully saturated rings. The molecular weight excluding hydrogens is 272 g/mol. The lowest BCUT2D eigenvalue weighted by atomic mass is 10.0. The van der Waals surface area contributed by atoms with Crippen LogP contribution in [-0.2, 0) is 4.79 Å². The van der Waals surface area contributed by atoms with Gasteiger partial charge in [-0.15, -0.1) is 10.2 Å². The SMILES string of the molecule is CC(C)(C)NC(=O)C1CCN(c2nnc(C3CC3)s2)C1. The van der Waals surface area contributed by atoms with Crippen molar-refractivity contribution in [1.82, 2.24) is 15.5 Å². The third-order valence-electron chi connectivity index (χ3n) is 3.68. The van der Waals surface area contributed by atoms with Crippen LogP contribution in [0.4, 0.5) is 5.13 Å². The minimum Gasteiger partial charge on any atom is -0.351 e. The highest BCUT2D eigenvalue weighted by Crippen LogP contribution is 2.43. The highest BCUT2D eigenvalue weighted by atomic mass is 32.1. The molecule has 110 valence electrons. The number of hydrogen-bond acceptors (Lipinski definition) is 5. The fourth-order valence-corrected chi connectivity index (χ4v) is 3.52. The molecule has 1 aromatic heterocycles. The van der Waals surface area contributed by atoms with E-state index in [0.717, 1.165) is 24.6 Å². The molecule has 5 nitrogen and oxygen atoms in total. The summed E-state index contributed by atoms with van der Waals surface area (Å²) >= 11 is 1.70. The van der Waals surface area contributed by atoms with Crippen LogP contribution >= 0.6 is 11.3 Å². The van der Waals surface area contributed by atoms with Crippen molar-refractivity contribution in [3.05, 3.63) is 5.01 Å². The largest absolute Gasteiger partial charge is 0.351 e. The Morgan fingerprint density at radius 2 is 2.05 bits per heavy atom. The zero-order valence-corrected chi connectivity index (χ0v) is 13.2. The lowest BCUT2D eigenvalue weighted by Gasteiger charge is -2.23. The number of rotatable bonds is 3. The van der Waals surface area contributed by atoms with Crippen molar-refractivity contribution in [3.63, 3.8) is 0 Å². The predicted molar refractivity (Wildman–Crippen MR) is 80.1 cm³/mol. The van der Waals surface area contributed by atoms with Gasteiger partial charge in [0, 0.05) is 24.5 Å². The first-order chi connectivity index (χ1) is 9.42. The van der Waals surface area contributed by atoms with Crippen molar-refractivity contribution in [2.75, 3.05) is 18.0 Å². The molecular formula is C14H22N4OS. The van der Waals surface area contributed by atoms with Crippen LogP contribution in [0.3, 0.4) is 0 Å². The second-order valence-electron chi connectivity index (χ2n) is 6.87. The molecule has 1 N–H and O–H groups in total. The van der Waals surface area contributed by atoms with Gasteiger partial charge in [0.25, 0.3) is 0 Å². The van der Waals surface area contributed by atoms with E-state index in [9.17, 15) is 4.79 Å². The van der Waals surface area contributed by atoms with Gasteiger partial charge in [-0.1, -0.05) is 11.3 Å². The van der Waals surface area contributed by atoms with Gasteiger partial charge in [-0.25, -0.2) is 0 Å². The van der Waals surface area contributed by atoms with Crippen molar-refractivity contribution >= 4 is 22.4 Å². The van der Waals surface area contributed by atoms with E-state index in [1.807, 2.05) is 20.8 Å². The number of nitrogens with one attached hydrogen (secondary N) is 1. The Balaban J connectivity index is 1.59. The van der Waals surface area contributed by atoms with E-state index in [-0.39, 0.29) is 17.4 Å². The molecule has 2 aliphatic rings. The summed E-state index contributed by atoms with van der Waals surface area (Å²) in [6, 6.07) is 0. The predicted octanol–water partition coefficient (Wildman–Crippen LogP) is 2.16. The summed E-state index contributed by atoms with van der Waals surface area (Å²) in [4.78, 5) is 14.4. The van der Waals surface area contributed by atoms with Crippen molar-refractivity contribution in [1.29, 1.82) is 0 Å². The number of nitrogens with zero attached hydrogens (tertiary/aromatic N) is 3. The Morgan fingerprint density at radius 3 is 2.70 bits per heavy atom. The summed E-state index contributed by atoms with van der Waals surface area (Å²) in [6.07, 6.45) is 3.41. The fraction of sp³-hybridized carbons (Fsp3) is 0.786. The number of carbonyl (C=O) groups is 1. The number of hydrogen-bond donors (Lipinski definition) is 1. The quantitative estimate of drug-likeness (QED) is 0.928. The monoisotopic (exact) mass is 294 g/mol. The van der Waals surface area contributed by atoms with Crippen molar-refractivity contribution in [2.24, 2.45) is 5.92 Å². The molecule has 1 atom stereocenters. The van der Waals surface area contributed by atoms with E-state index in [0.29, 0.717) is 5.92 Å². The van der Waals surface area contributed by atoms with Gasteiger partial charge in [0.2, 0.25) is 11.0 Å². The molecule has 0 radical (unpaired) electrons. The lowest BCUT2D eigenvalue weighted by Crippen LogP contribution is -2.44. The molecule has 0 bridgehead atoms. The van der Waals surface area contributed by atoms with Gasteiger partial charge in [-0.05, 0) is 40.0 Å². The Bertz CT molecular complexity index is 504. The minimum atomic E-state index is -0.160. The standard InChI is InChI=1S/C14H22N4OS/c1-14(2,3)15-11(19)10-6-7-18(8-10)13-17-16-12(20-13)9-4-5-9/h9-10H,4-8H2,1-3H3,(H,15,19). The lowest BCUT2D eigenvalue weighted by molar-refractivity contribution is -0.125. The van der Waals surface area contributed by atoms with Crippen molar-refractivity contribution in [3.8, 4) is 0 Å².